The van der Waals surface area contributed by atoms with Crippen LogP contribution in [-0.4, -0.2) is 64.5 Å². The summed E-state index contributed by atoms with van der Waals surface area (Å²) in [6, 6.07) is 2.33. The maximum absolute atomic E-state index is 13.0. The van der Waals surface area contributed by atoms with Crippen molar-refractivity contribution in [3.8, 4) is 17.2 Å². The van der Waals surface area contributed by atoms with Crippen LogP contribution in [0.4, 0.5) is 4.79 Å². The van der Waals surface area contributed by atoms with Gasteiger partial charge in [0.2, 0.25) is 5.75 Å². The second-order valence-corrected chi connectivity index (χ2v) is 7.40. The van der Waals surface area contributed by atoms with E-state index in [1.807, 2.05) is 0 Å². The number of nitrogens with zero attached hydrogens (tertiary/aromatic N) is 1. The van der Waals surface area contributed by atoms with Crippen LogP contribution in [0.5, 0.6) is 17.2 Å². The lowest BCUT2D eigenvalue weighted by Crippen LogP contribution is -2.49. The lowest BCUT2D eigenvalue weighted by atomic mass is 9.93. The van der Waals surface area contributed by atoms with Crippen LogP contribution in [0.15, 0.2) is 23.4 Å². The standard InChI is InChI=1S/C22H31N3O6/c1-5-31-21(26)17-15(13-25-11-7-6-8-12-25)23-22(27)24-18(17)14-9-10-16(28-2)20(30-4)19(14)29-3/h9-10,18H,5-8,11-13H2,1-4H3,(H2,23,24,27)/t18-/m0/s1. The van der Waals surface area contributed by atoms with Gasteiger partial charge in [0.1, 0.15) is 0 Å². The zero-order chi connectivity index (χ0) is 22.4. The third-order valence-electron chi connectivity index (χ3n) is 5.53. The molecular formula is C22H31N3O6. The van der Waals surface area contributed by atoms with Crippen LogP contribution in [-0.2, 0) is 9.53 Å². The Hall–Kier alpha value is -2.94. The van der Waals surface area contributed by atoms with Crippen molar-refractivity contribution < 1.29 is 28.5 Å². The monoisotopic (exact) mass is 433 g/mol. The number of esters is 1. The number of hydrogen-bond acceptors (Lipinski definition) is 7. The molecular weight excluding hydrogens is 402 g/mol. The summed E-state index contributed by atoms with van der Waals surface area (Å²) >= 11 is 0. The van der Waals surface area contributed by atoms with Crippen LogP contribution in [0.1, 0.15) is 37.8 Å². The number of nitrogens with one attached hydrogen (secondary N) is 2. The summed E-state index contributed by atoms with van der Waals surface area (Å²) in [6.07, 6.45) is 3.39. The topological polar surface area (TPSA) is 98.4 Å². The summed E-state index contributed by atoms with van der Waals surface area (Å²) in [5.41, 5.74) is 1.48. The molecule has 1 saturated heterocycles. The van der Waals surface area contributed by atoms with E-state index in [2.05, 4.69) is 15.5 Å². The first-order valence-corrected chi connectivity index (χ1v) is 10.5. The summed E-state index contributed by atoms with van der Waals surface area (Å²) in [6.45, 7) is 4.29. The minimum atomic E-state index is -0.762. The first-order valence-electron chi connectivity index (χ1n) is 10.5. The van der Waals surface area contributed by atoms with Gasteiger partial charge in [-0.3, -0.25) is 4.90 Å². The van der Waals surface area contributed by atoms with E-state index in [-0.39, 0.29) is 12.6 Å². The second-order valence-electron chi connectivity index (χ2n) is 7.40. The quantitative estimate of drug-likeness (QED) is 0.608. The van der Waals surface area contributed by atoms with Crippen LogP contribution < -0.4 is 24.8 Å². The Kier molecular flexibility index (Phi) is 7.62. The smallest absolute Gasteiger partial charge is 0.338 e. The molecule has 0 bridgehead atoms. The molecule has 1 atom stereocenters. The first kappa shape index (κ1) is 22.7. The normalized spacial score (nSPS) is 19.4. The molecule has 0 unspecified atom stereocenters. The molecule has 2 N–H and O–H groups in total. The highest BCUT2D eigenvalue weighted by atomic mass is 16.5. The minimum absolute atomic E-state index is 0.225. The summed E-state index contributed by atoms with van der Waals surface area (Å²) in [5, 5.41) is 5.68. The predicted molar refractivity (Wildman–Crippen MR) is 114 cm³/mol. The molecule has 170 valence electrons. The van der Waals surface area contributed by atoms with E-state index in [0.717, 1.165) is 25.9 Å². The fourth-order valence-electron chi connectivity index (χ4n) is 4.12. The highest BCUT2D eigenvalue weighted by Gasteiger charge is 2.37. The maximum Gasteiger partial charge on any atom is 0.338 e. The van der Waals surface area contributed by atoms with E-state index in [4.69, 9.17) is 18.9 Å². The van der Waals surface area contributed by atoms with Crippen molar-refractivity contribution in [2.45, 2.75) is 32.2 Å². The SMILES string of the molecule is CCOC(=O)C1=C(CN2CCCCC2)NC(=O)N[C@H]1c1ccc(OC)c(OC)c1OC. The van der Waals surface area contributed by atoms with Gasteiger partial charge in [-0.05, 0) is 45.0 Å². The van der Waals surface area contributed by atoms with Gasteiger partial charge >= 0.3 is 12.0 Å². The van der Waals surface area contributed by atoms with Crippen molar-refractivity contribution in [1.29, 1.82) is 0 Å². The number of methoxy groups -OCH3 is 3. The van der Waals surface area contributed by atoms with Gasteiger partial charge in [0, 0.05) is 17.8 Å². The summed E-state index contributed by atoms with van der Waals surface area (Å²) < 4.78 is 21.8. The number of ether oxygens (including phenoxy) is 4. The molecule has 9 nitrogen and oxygen atoms in total. The van der Waals surface area contributed by atoms with Gasteiger partial charge in [0.15, 0.2) is 11.5 Å². The molecule has 2 aliphatic rings. The Morgan fingerprint density at radius 2 is 1.77 bits per heavy atom. The lowest BCUT2D eigenvalue weighted by molar-refractivity contribution is -0.139. The van der Waals surface area contributed by atoms with Crippen LogP contribution in [0.2, 0.25) is 0 Å². The molecule has 2 aliphatic heterocycles. The fourth-order valence-corrected chi connectivity index (χ4v) is 4.12. The number of carbonyl (C=O) groups excluding carboxylic acids is 2. The molecule has 1 fully saturated rings. The second kappa shape index (κ2) is 10.4. The van der Waals surface area contributed by atoms with Gasteiger partial charge in [-0.1, -0.05) is 6.42 Å². The molecule has 2 heterocycles. The van der Waals surface area contributed by atoms with Crippen LogP contribution in [0.3, 0.4) is 0 Å². The Morgan fingerprint density at radius 1 is 1.06 bits per heavy atom. The number of rotatable bonds is 8. The van der Waals surface area contributed by atoms with Gasteiger partial charge in [-0.2, -0.15) is 0 Å². The van der Waals surface area contributed by atoms with E-state index in [1.165, 1.54) is 27.8 Å². The molecule has 9 heteroatoms. The Labute approximate surface area is 182 Å². The van der Waals surface area contributed by atoms with E-state index >= 15 is 0 Å². The number of carbonyl (C=O) groups is 2. The number of piperidine rings is 1. The summed E-state index contributed by atoms with van der Waals surface area (Å²) in [5.74, 6) is 0.770. The maximum atomic E-state index is 13.0. The average molecular weight is 434 g/mol. The summed E-state index contributed by atoms with van der Waals surface area (Å²) in [7, 11) is 4.55. The van der Waals surface area contributed by atoms with E-state index in [1.54, 1.807) is 19.1 Å². The minimum Gasteiger partial charge on any atom is -0.493 e. The Morgan fingerprint density at radius 3 is 2.39 bits per heavy atom. The van der Waals surface area contributed by atoms with Gasteiger partial charge in [-0.25, -0.2) is 9.59 Å². The lowest BCUT2D eigenvalue weighted by Gasteiger charge is -2.34. The molecule has 1 aromatic carbocycles. The number of urea groups is 1. The molecule has 0 radical (unpaired) electrons. The molecule has 0 saturated carbocycles. The zero-order valence-electron chi connectivity index (χ0n) is 18.6. The van der Waals surface area contributed by atoms with Gasteiger partial charge in [0.25, 0.3) is 0 Å². The third kappa shape index (κ3) is 4.87. The highest BCUT2D eigenvalue weighted by molar-refractivity contribution is 5.95. The van der Waals surface area contributed by atoms with Crippen molar-refractivity contribution in [1.82, 2.24) is 15.5 Å². The van der Waals surface area contributed by atoms with Crippen molar-refractivity contribution in [3.63, 3.8) is 0 Å². The molecule has 0 aliphatic carbocycles. The molecule has 1 aromatic rings. The predicted octanol–water partition coefficient (Wildman–Crippen LogP) is 2.37. The average Bonchev–Trinajstić information content (AvgIpc) is 2.78. The van der Waals surface area contributed by atoms with Gasteiger partial charge in [-0.15, -0.1) is 0 Å². The van der Waals surface area contributed by atoms with Crippen molar-refractivity contribution in [2.24, 2.45) is 0 Å². The largest absolute Gasteiger partial charge is 0.493 e. The van der Waals surface area contributed by atoms with Crippen molar-refractivity contribution in [2.75, 3.05) is 47.6 Å². The Bertz CT molecular complexity index is 848. The molecule has 31 heavy (non-hydrogen) atoms. The number of likely N-dealkylation sites (tertiary alicyclic amines) is 1. The molecule has 0 spiro atoms. The third-order valence-corrected chi connectivity index (χ3v) is 5.53. The fraction of sp³-hybridized carbons (Fsp3) is 0.545. The van der Waals surface area contributed by atoms with Crippen molar-refractivity contribution in [3.05, 3.63) is 29.0 Å². The number of benzene rings is 1. The summed E-state index contributed by atoms with van der Waals surface area (Å²) in [4.78, 5) is 27.9. The Balaban J connectivity index is 2.11. The first-order chi connectivity index (χ1) is 15.0. The van der Waals surface area contributed by atoms with E-state index in [9.17, 15) is 9.59 Å². The van der Waals surface area contributed by atoms with Crippen LogP contribution in [0, 0.1) is 0 Å². The molecule has 3 rings (SSSR count). The molecule has 2 amide bonds. The van der Waals surface area contributed by atoms with E-state index < -0.39 is 12.0 Å². The van der Waals surface area contributed by atoms with E-state index in [0.29, 0.717) is 40.6 Å². The number of hydrogen-bond donors (Lipinski definition) is 2. The highest BCUT2D eigenvalue weighted by Crippen LogP contribution is 2.44. The van der Waals surface area contributed by atoms with Crippen LogP contribution >= 0.6 is 0 Å². The van der Waals surface area contributed by atoms with Gasteiger partial charge < -0.3 is 29.6 Å². The molecule has 0 aromatic heterocycles. The van der Waals surface area contributed by atoms with Gasteiger partial charge in [0.05, 0.1) is 39.6 Å². The number of amides is 2. The van der Waals surface area contributed by atoms with Crippen LogP contribution in [0.25, 0.3) is 0 Å². The zero-order valence-corrected chi connectivity index (χ0v) is 18.6. The van der Waals surface area contributed by atoms with Crippen molar-refractivity contribution >= 4 is 12.0 Å².